The Labute approximate surface area is 124 Å². The van der Waals surface area contributed by atoms with Crippen molar-refractivity contribution in [3.05, 3.63) is 29.0 Å². The summed E-state index contributed by atoms with van der Waals surface area (Å²) in [6.07, 6.45) is 4.40. The van der Waals surface area contributed by atoms with Crippen molar-refractivity contribution in [2.75, 3.05) is 11.9 Å². The van der Waals surface area contributed by atoms with E-state index in [0.717, 1.165) is 25.7 Å². The summed E-state index contributed by atoms with van der Waals surface area (Å²) in [6.45, 7) is 2.78. The first-order valence-corrected chi connectivity index (χ1v) is 7.39. The molecule has 5 heteroatoms. The standard InChI is InChI=1S/C15H22ClFN2O/c1-2-3-11(8-9-18)4-7-15(20)19-12-5-6-14(17)13(16)10-12/h5-6,10-11H,2-4,7-9,18H2,1H3,(H,19,20). The molecular formula is C15H22ClFN2O. The summed E-state index contributed by atoms with van der Waals surface area (Å²) in [5.41, 5.74) is 6.09. The van der Waals surface area contributed by atoms with Crippen LogP contribution in [-0.2, 0) is 4.79 Å². The molecule has 1 unspecified atom stereocenters. The topological polar surface area (TPSA) is 55.1 Å². The Kier molecular flexibility index (Phi) is 7.55. The average Bonchev–Trinajstić information content (AvgIpc) is 2.41. The second-order valence-electron chi connectivity index (χ2n) is 4.95. The maximum Gasteiger partial charge on any atom is 0.224 e. The Morgan fingerprint density at radius 2 is 2.15 bits per heavy atom. The zero-order chi connectivity index (χ0) is 15.0. The van der Waals surface area contributed by atoms with E-state index in [4.69, 9.17) is 17.3 Å². The second-order valence-corrected chi connectivity index (χ2v) is 5.35. The van der Waals surface area contributed by atoms with Crippen molar-refractivity contribution < 1.29 is 9.18 Å². The number of carbonyl (C=O) groups is 1. The number of hydrogen-bond donors (Lipinski definition) is 2. The van der Waals surface area contributed by atoms with Gasteiger partial charge < -0.3 is 11.1 Å². The van der Waals surface area contributed by atoms with Gasteiger partial charge in [-0.3, -0.25) is 4.79 Å². The van der Waals surface area contributed by atoms with E-state index in [1.54, 1.807) is 0 Å². The van der Waals surface area contributed by atoms with Gasteiger partial charge in [-0.25, -0.2) is 4.39 Å². The highest BCUT2D eigenvalue weighted by atomic mass is 35.5. The molecule has 1 aromatic rings. The molecule has 1 rings (SSSR count). The van der Waals surface area contributed by atoms with Gasteiger partial charge in [-0.05, 0) is 43.5 Å². The van der Waals surface area contributed by atoms with Crippen LogP contribution in [-0.4, -0.2) is 12.5 Å². The molecule has 0 bridgehead atoms. The highest BCUT2D eigenvalue weighted by Gasteiger charge is 2.11. The molecule has 1 amide bonds. The lowest BCUT2D eigenvalue weighted by atomic mass is 9.94. The Balaban J connectivity index is 2.44. The van der Waals surface area contributed by atoms with Crippen molar-refractivity contribution in [3.8, 4) is 0 Å². The lowest BCUT2D eigenvalue weighted by Crippen LogP contribution is -2.15. The fourth-order valence-electron chi connectivity index (χ4n) is 2.21. The molecule has 1 aromatic carbocycles. The monoisotopic (exact) mass is 300 g/mol. The first-order valence-electron chi connectivity index (χ1n) is 7.01. The van der Waals surface area contributed by atoms with E-state index in [-0.39, 0.29) is 10.9 Å². The number of halogens is 2. The number of rotatable bonds is 8. The molecule has 1 atom stereocenters. The third kappa shape index (κ3) is 5.88. The Bertz CT molecular complexity index is 434. The summed E-state index contributed by atoms with van der Waals surface area (Å²) in [7, 11) is 0. The van der Waals surface area contributed by atoms with Crippen LogP contribution in [0, 0.1) is 11.7 Å². The maximum atomic E-state index is 13.0. The minimum atomic E-state index is -0.490. The predicted octanol–water partition coefficient (Wildman–Crippen LogP) is 3.96. The molecule has 0 radical (unpaired) electrons. The van der Waals surface area contributed by atoms with Crippen molar-refractivity contribution >= 4 is 23.2 Å². The van der Waals surface area contributed by atoms with Gasteiger partial charge in [0.2, 0.25) is 5.91 Å². The number of nitrogens with one attached hydrogen (secondary N) is 1. The van der Waals surface area contributed by atoms with Gasteiger partial charge in [-0.2, -0.15) is 0 Å². The normalized spacial score (nSPS) is 12.2. The molecule has 112 valence electrons. The number of anilines is 1. The minimum Gasteiger partial charge on any atom is -0.330 e. The molecule has 20 heavy (non-hydrogen) atoms. The average molecular weight is 301 g/mol. The van der Waals surface area contributed by atoms with Crippen LogP contribution in [0.25, 0.3) is 0 Å². The van der Waals surface area contributed by atoms with E-state index in [1.807, 2.05) is 0 Å². The molecule has 0 aliphatic heterocycles. The van der Waals surface area contributed by atoms with E-state index in [1.165, 1.54) is 18.2 Å². The van der Waals surface area contributed by atoms with Crippen molar-refractivity contribution in [2.45, 2.75) is 39.0 Å². The van der Waals surface area contributed by atoms with Gasteiger partial charge in [0.25, 0.3) is 0 Å². The zero-order valence-electron chi connectivity index (χ0n) is 11.8. The summed E-state index contributed by atoms with van der Waals surface area (Å²) in [5.74, 6) is -0.0750. The fourth-order valence-corrected chi connectivity index (χ4v) is 2.39. The highest BCUT2D eigenvalue weighted by Crippen LogP contribution is 2.21. The molecule has 0 aliphatic rings. The summed E-state index contributed by atoms with van der Waals surface area (Å²) in [5, 5.41) is 2.74. The molecule has 0 aliphatic carbocycles. The third-order valence-electron chi connectivity index (χ3n) is 3.25. The van der Waals surface area contributed by atoms with Crippen molar-refractivity contribution in [1.82, 2.24) is 0 Å². The Morgan fingerprint density at radius 1 is 1.40 bits per heavy atom. The van der Waals surface area contributed by atoms with Gasteiger partial charge >= 0.3 is 0 Å². The van der Waals surface area contributed by atoms with E-state index < -0.39 is 5.82 Å². The molecule has 0 spiro atoms. The lowest BCUT2D eigenvalue weighted by molar-refractivity contribution is -0.116. The van der Waals surface area contributed by atoms with E-state index in [9.17, 15) is 9.18 Å². The number of hydrogen-bond acceptors (Lipinski definition) is 2. The molecule has 3 nitrogen and oxygen atoms in total. The van der Waals surface area contributed by atoms with Crippen molar-refractivity contribution in [3.63, 3.8) is 0 Å². The Morgan fingerprint density at radius 3 is 2.75 bits per heavy atom. The van der Waals surface area contributed by atoms with E-state index in [0.29, 0.717) is 24.6 Å². The fraction of sp³-hybridized carbons (Fsp3) is 0.533. The molecule has 0 heterocycles. The summed E-state index contributed by atoms with van der Waals surface area (Å²) in [6, 6.07) is 4.16. The van der Waals surface area contributed by atoms with Crippen LogP contribution >= 0.6 is 11.6 Å². The van der Waals surface area contributed by atoms with Crippen molar-refractivity contribution in [2.24, 2.45) is 11.7 Å². The Hall–Kier alpha value is -1.13. The number of benzene rings is 1. The van der Waals surface area contributed by atoms with Crippen LogP contribution < -0.4 is 11.1 Å². The number of amides is 1. The molecule has 0 saturated carbocycles. The molecular weight excluding hydrogens is 279 g/mol. The molecule has 0 saturated heterocycles. The number of carbonyl (C=O) groups excluding carboxylic acids is 1. The molecule has 0 aromatic heterocycles. The van der Waals surface area contributed by atoms with Crippen LogP contribution in [0.15, 0.2) is 18.2 Å². The second kappa shape index (κ2) is 8.93. The van der Waals surface area contributed by atoms with E-state index in [2.05, 4.69) is 12.2 Å². The van der Waals surface area contributed by atoms with Crippen LogP contribution in [0.3, 0.4) is 0 Å². The summed E-state index contributed by atoms with van der Waals surface area (Å²) in [4.78, 5) is 11.8. The molecule has 3 N–H and O–H groups in total. The van der Waals surface area contributed by atoms with Gasteiger partial charge in [0.1, 0.15) is 5.82 Å². The largest absolute Gasteiger partial charge is 0.330 e. The van der Waals surface area contributed by atoms with Gasteiger partial charge in [-0.1, -0.05) is 31.4 Å². The van der Waals surface area contributed by atoms with Gasteiger partial charge in [0, 0.05) is 12.1 Å². The quantitative estimate of drug-likeness (QED) is 0.763. The number of nitrogens with two attached hydrogens (primary N) is 1. The van der Waals surface area contributed by atoms with Crippen molar-refractivity contribution in [1.29, 1.82) is 0 Å². The summed E-state index contributed by atoms with van der Waals surface area (Å²) >= 11 is 5.67. The van der Waals surface area contributed by atoms with Gasteiger partial charge in [0.05, 0.1) is 5.02 Å². The van der Waals surface area contributed by atoms with Gasteiger partial charge in [0.15, 0.2) is 0 Å². The zero-order valence-corrected chi connectivity index (χ0v) is 12.5. The van der Waals surface area contributed by atoms with E-state index >= 15 is 0 Å². The third-order valence-corrected chi connectivity index (χ3v) is 3.54. The van der Waals surface area contributed by atoms with Gasteiger partial charge in [-0.15, -0.1) is 0 Å². The highest BCUT2D eigenvalue weighted by molar-refractivity contribution is 6.31. The van der Waals surface area contributed by atoms with Crippen LogP contribution in [0.5, 0.6) is 0 Å². The predicted molar refractivity (Wildman–Crippen MR) is 81.3 cm³/mol. The molecule has 0 fully saturated rings. The SMILES string of the molecule is CCCC(CCN)CCC(=O)Nc1ccc(F)c(Cl)c1. The van der Waals surface area contributed by atoms with Crippen LogP contribution in [0.1, 0.15) is 39.0 Å². The van der Waals surface area contributed by atoms with Crippen LogP contribution in [0.2, 0.25) is 5.02 Å². The van der Waals surface area contributed by atoms with Crippen LogP contribution in [0.4, 0.5) is 10.1 Å². The smallest absolute Gasteiger partial charge is 0.224 e. The first-order chi connectivity index (χ1) is 9.56. The minimum absolute atomic E-state index is 0.00907. The first kappa shape index (κ1) is 16.9. The maximum absolute atomic E-state index is 13.0. The lowest BCUT2D eigenvalue weighted by Gasteiger charge is -2.14. The summed E-state index contributed by atoms with van der Waals surface area (Å²) < 4.78 is 13.0.